The molecule has 1 atom stereocenters. The van der Waals surface area contributed by atoms with E-state index in [0.717, 1.165) is 5.75 Å². The standard InChI is InChI=1S/C16H21NOS/c1-5-18-14-6-7-15(12(3)10-14)17-13(4)16-11(2)8-9-19-16/h6-10,13,17H,5H2,1-4H3. The fraction of sp³-hybridized carbons (Fsp3) is 0.375. The molecule has 19 heavy (non-hydrogen) atoms. The van der Waals surface area contributed by atoms with E-state index in [4.69, 9.17) is 4.74 Å². The Labute approximate surface area is 119 Å². The van der Waals surface area contributed by atoms with Gasteiger partial charge in [-0.3, -0.25) is 0 Å². The lowest BCUT2D eigenvalue weighted by Gasteiger charge is -2.17. The Bertz CT molecular complexity index is 547. The second-order valence-corrected chi connectivity index (χ2v) is 5.69. The van der Waals surface area contributed by atoms with E-state index < -0.39 is 0 Å². The molecule has 1 aromatic heterocycles. The van der Waals surface area contributed by atoms with Gasteiger partial charge in [0.1, 0.15) is 5.75 Å². The molecule has 2 rings (SSSR count). The predicted molar refractivity (Wildman–Crippen MR) is 83.4 cm³/mol. The smallest absolute Gasteiger partial charge is 0.119 e. The van der Waals surface area contributed by atoms with Crippen molar-refractivity contribution in [2.75, 3.05) is 11.9 Å². The fourth-order valence-corrected chi connectivity index (χ4v) is 3.12. The molecule has 1 aromatic carbocycles. The van der Waals surface area contributed by atoms with E-state index >= 15 is 0 Å². The Morgan fingerprint density at radius 1 is 1.21 bits per heavy atom. The van der Waals surface area contributed by atoms with E-state index in [1.807, 2.05) is 13.0 Å². The van der Waals surface area contributed by atoms with Crippen LogP contribution in [0.2, 0.25) is 0 Å². The highest BCUT2D eigenvalue weighted by Crippen LogP contribution is 2.29. The van der Waals surface area contributed by atoms with Gasteiger partial charge < -0.3 is 10.1 Å². The van der Waals surface area contributed by atoms with Gasteiger partial charge >= 0.3 is 0 Å². The molecule has 2 nitrogen and oxygen atoms in total. The van der Waals surface area contributed by atoms with Crippen LogP contribution in [0.5, 0.6) is 5.75 Å². The van der Waals surface area contributed by atoms with Gasteiger partial charge in [-0.25, -0.2) is 0 Å². The summed E-state index contributed by atoms with van der Waals surface area (Å²) in [5.74, 6) is 0.936. The van der Waals surface area contributed by atoms with Gasteiger partial charge in [-0.05, 0) is 68.5 Å². The van der Waals surface area contributed by atoms with Gasteiger partial charge in [0, 0.05) is 10.6 Å². The molecule has 1 heterocycles. The van der Waals surface area contributed by atoms with E-state index in [-0.39, 0.29) is 0 Å². The van der Waals surface area contributed by atoms with Crippen LogP contribution in [0.1, 0.15) is 35.9 Å². The molecule has 0 aliphatic heterocycles. The highest BCUT2D eigenvalue weighted by atomic mass is 32.1. The number of aryl methyl sites for hydroxylation is 2. The first-order valence-corrected chi connectivity index (χ1v) is 7.53. The second-order valence-electron chi connectivity index (χ2n) is 4.74. The molecule has 0 saturated carbocycles. The first-order chi connectivity index (χ1) is 9.11. The molecule has 2 aromatic rings. The van der Waals surface area contributed by atoms with Gasteiger partial charge in [0.25, 0.3) is 0 Å². The molecule has 3 heteroatoms. The maximum atomic E-state index is 5.51. The summed E-state index contributed by atoms with van der Waals surface area (Å²) in [6.07, 6.45) is 0. The summed E-state index contributed by atoms with van der Waals surface area (Å²) in [5, 5.41) is 5.72. The summed E-state index contributed by atoms with van der Waals surface area (Å²) < 4.78 is 5.51. The number of benzene rings is 1. The molecule has 0 aliphatic rings. The molecule has 0 radical (unpaired) electrons. The normalized spacial score (nSPS) is 12.2. The zero-order chi connectivity index (χ0) is 13.8. The molecule has 0 aliphatic carbocycles. The van der Waals surface area contributed by atoms with E-state index in [1.54, 1.807) is 11.3 Å². The van der Waals surface area contributed by atoms with E-state index in [1.165, 1.54) is 21.7 Å². The van der Waals surface area contributed by atoms with Crippen molar-refractivity contribution in [2.45, 2.75) is 33.7 Å². The van der Waals surface area contributed by atoms with Crippen LogP contribution < -0.4 is 10.1 Å². The van der Waals surface area contributed by atoms with Crippen molar-refractivity contribution in [2.24, 2.45) is 0 Å². The Morgan fingerprint density at radius 2 is 2.00 bits per heavy atom. The summed E-state index contributed by atoms with van der Waals surface area (Å²) in [4.78, 5) is 1.40. The van der Waals surface area contributed by atoms with E-state index in [2.05, 4.69) is 49.7 Å². The van der Waals surface area contributed by atoms with Crippen LogP contribution in [0.3, 0.4) is 0 Å². The van der Waals surface area contributed by atoms with E-state index in [9.17, 15) is 0 Å². The van der Waals surface area contributed by atoms with Crippen molar-refractivity contribution in [1.82, 2.24) is 0 Å². The molecule has 0 saturated heterocycles. The van der Waals surface area contributed by atoms with E-state index in [0.29, 0.717) is 12.6 Å². The summed E-state index contributed by atoms with van der Waals surface area (Å²) in [5.41, 5.74) is 3.74. The molecular formula is C16H21NOS. The van der Waals surface area contributed by atoms with Crippen molar-refractivity contribution >= 4 is 17.0 Å². The van der Waals surface area contributed by atoms with Crippen LogP contribution in [0.4, 0.5) is 5.69 Å². The quantitative estimate of drug-likeness (QED) is 0.834. The largest absolute Gasteiger partial charge is 0.494 e. The Hall–Kier alpha value is -1.48. The lowest BCUT2D eigenvalue weighted by atomic mass is 10.1. The summed E-state index contributed by atoms with van der Waals surface area (Å²) >= 11 is 1.81. The van der Waals surface area contributed by atoms with Gasteiger partial charge in [0.2, 0.25) is 0 Å². The molecule has 0 spiro atoms. The summed E-state index contributed by atoms with van der Waals surface area (Å²) in [7, 11) is 0. The van der Waals surface area contributed by atoms with Gasteiger partial charge in [0.05, 0.1) is 12.6 Å². The first-order valence-electron chi connectivity index (χ1n) is 6.65. The second kappa shape index (κ2) is 6.11. The van der Waals surface area contributed by atoms with Crippen molar-refractivity contribution < 1.29 is 4.74 Å². The summed E-state index contributed by atoms with van der Waals surface area (Å²) in [6.45, 7) is 9.18. The number of hydrogen-bond donors (Lipinski definition) is 1. The predicted octanol–water partition coefficient (Wildman–Crippen LogP) is 4.94. The van der Waals surface area contributed by atoms with Crippen LogP contribution in [-0.2, 0) is 0 Å². The topological polar surface area (TPSA) is 21.3 Å². The van der Waals surface area contributed by atoms with Gasteiger partial charge in [-0.15, -0.1) is 11.3 Å². The van der Waals surface area contributed by atoms with Gasteiger partial charge in [-0.2, -0.15) is 0 Å². The van der Waals surface area contributed by atoms with Gasteiger partial charge in [0.15, 0.2) is 0 Å². The zero-order valence-corrected chi connectivity index (χ0v) is 12.8. The molecular weight excluding hydrogens is 254 g/mol. The number of nitrogens with one attached hydrogen (secondary N) is 1. The maximum absolute atomic E-state index is 5.51. The van der Waals surface area contributed by atoms with Gasteiger partial charge in [-0.1, -0.05) is 0 Å². The molecule has 0 bridgehead atoms. The molecule has 0 amide bonds. The molecule has 102 valence electrons. The average molecular weight is 275 g/mol. The van der Waals surface area contributed by atoms with Crippen molar-refractivity contribution in [3.8, 4) is 5.75 Å². The molecule has 1 N–H and O–H groups in total. The average Bonchev–Trinajstić information content (AvgIpc) is 2.79. The minimum absolute atomic E-state index is 0.330. The van der Waals surface area contributed by atoms with Crippen molar-refractivity contribution in [1.29, 1.82) is 0 Å². The Morgan fingerprint density at radius 3 is 2.58 bits per heavy atom. The third-order valence-corrected chi connectivity index (χ3v) is 4.38. The third kappa shape index (κ3) is 3.29. The fourth-order valence-electron chi connectivity index (χ4n) is 2.18. The summed E-state index contributed by atoms with van der Waals surface area (Å²) in [6, 6.07) is 8.70. The highest BCUT2D eigenvalue weighted by molar-refractivity contribution is 7.10. The SMILES string of the molecule is CCOc1ccc(NC(C)c2sccc2C)c(C)c1. The van der Waals surface area contributed by atoms with Crippen LogP contribution in [0, 0.1) is 13.8 Å². The van der Waals surface area contributed by atoms with Crippen LogP contribution in [-0.4, -0.2) is 6.61 Å². The Kier molecular flexibility index (Phi) is 4.48. The van der Waals surface area contributed by atoms with Crippen molar-refractivity contribution in [3.05, 3.63) is 45.6 Å². The zero-order valence-electron chi connectivity index (χ0n) is 12.0. The maximum Gasteiger partial charge on any atom is 0.119 e. The lowest BCUT2D eigenvalue weighted by Crippen LogP contribution is -2.07. The Balaban J connectivity index is 2.13. The minimum atomic E-state index is 0.330. The van der Waals surface area contributed by atoms with Crippen LogP contribution >= 0.6 is 11.3 Å². The number of anilines is 1. The first kappa shape index (κ1) is 13.9. The number of rotatable bonds is 5. The lowest BCUT2D eigenvalue weighted by molar-refractivity contribution is 0.340. The molecule has 0 fully saturated rings. The molecule has 1 unspecified atom stereocenters. The monoisotopic (exact) mass is 275 g/mol. The number of thiophene rings is 1. The number of ether oxygens (including phenoxy) is 1. The number of hydrogen-bond acceptors (Lipinski definition) is 3. The van der Waals surface area contributed by atoms with Crippen LogP contribution in [0.15, 0.2) is 29.6 Å². The highest BCUT2D eigenvalue weighted by Gasteiger charge is 2.11. The minimum Gasteiger partial charge on any atom is -0.494 e. The van der Waals surface area contributed by atoms with Crippen molar-refractivity contribution in [3.63, 3.8) is 0 Å². The van der Waals surface area contributed by atoms with Crippen LogP contribution in [0.25, 0.3) is 0 Å². The third-order valence-electron chi connectivity index (χ3n) is 3.18.